The zero-order valence-electron chi connectivity index (χ0n) is 11.6. The van der Waals surface area contributed by atoms with E-state index in [0.717, 1.165) is 19.4 Å². The van der Waals surface area contributed by atoms with Crippen LogP contribution in [0.1, 0.15) is 40.5 Å². The lowest BCUT2D eigenvalue weighted by atomic mass is 10.1. The molecule has 4 heteroatoms. The Morgan fingerprint density at radius 3 is 2.17 bits per heavy atom. The Kier molecular flexibility index (Phi) is 3.16. The number of carboxylic acid groups (broad SMARTS) is 1. The highest BCUT2D eigenvalue weighted by Gasteiger charge is 2.67. The van der Waals surface area contributed by atoms with E-state index in [9.17, 15) is 9.59 Å². The van der Waals surface area contributed by atoms with Gasteiger partial charge in [-0.3, -0.25) is 9.59 Å². The summed E-state index contributed by atoms with van der Waals surface area (Å²) in [5, 5.41) is 9.16. The van der Waals surface area contributed by atoms with Gasteiger partial charge in [0.25, 0.3) is 0 Å². The summed E-state index contributed by atoms with van der Waals surface area (Å²) in [6.07, 6.45) is 2.15. The van der Waals surface area contributed by atoms with Gasteiger partial charge in [0.15, 0.2) is 0 Å². The number of aliphatic carboxylic acids is 1. The Balaban J connectivity index is 2.08. The van der Waals surface area contributed by atoms with Crippen LogP contribution in [0.3, 0.4) is 0 Å². The van der Waals surface area contributed by atoms with Crippen molar-refractivity contribution in [2.45, 2.75) is 46.6 Å². The Morgan fingerprint density at radius 2 is 1.83 bits per heavy atom. The third kappa shape index (κ3) is 2.25. The van der Waals surface area contributed by atoms with Crippen molar-refractivity contribution in [2.24, 2.45) is 23.2 Å². The van der Waals surface area contributed by atoms with E-state index in [4.69, 9.17) is 5.11 Å². The van der Waals surface area contributed by atoms with Gasteiger partial charge in [0.05, 0.1) is 11.8 Å². The summed E-state index contributed by atoms with van der Waals surface area (Å²) in [5.74, 6) is -1.17. The number of carbonyl (C=O) groups excluding carboxylic acids is 1. The molecule has 2 atom stereocenters. The highest BCUT2D eigenvalue weighted by Crippen LogP contribution is 2.59. The van der Waals surface area contributed by atoms with Crippen LogP contribution in [0.2, 0.25) is 0 Å². The molecule has 0 saturated heterocycles. The first-order valence-electron chi connectivity index (χ1n) is 6.80. The number of nitrogens with zero attached hydrogens (tertiary/aromatic N) is 1. The number of carbonyl (C=O) groups is 2. The molecule has 0 unspecified atom stereocenters. The monoisotopic (exact) mass is 253 g/mol. The smallest absolute Gasteiger partial charge is 0.307 e. The lowest BCUT2D eigenvalue weighted by Gasteiger charge is -2.25. The Labute approximate surface area is 108 Å². The van der Waals surface area contributed by atoms with Gasteiger partial charge in [-0.05, 0) is 24.2 Å². The molecule has 18 heavy (non-hydrogen) atoms. The fourth-order valence-corrected chi connectivity index (χ4v) is 2.94. The van der Waals surface area contributed by atoms with Crippen molar-refractivity contribution >= 4 is 11.9 Å². The van der Waals surface area contributed by atoms with Crippen LogP contribution in [0.5, 0.6) is 0 Å². The molecular weight excluding hydrogens is 230 g/mol. The van der Waals surface area contributed by atoms with Gasteiger partial charge in [0, 0.05) is 12.6 Å². The van der Waals surface area contributed by atoms with Gasteiger partial charge in [-0.1, -0.05) is 27.7 Å². The van der Waals surface area contributed by atoms with E-state index in [1.54, 1.807) is 0 Å². The summed E-state index contributed by atoms with van der Waals surface area (Å²) < 4.78 is 0. The van der Waals surface area contributed by atoms with Crippen LogP contribution in [0, 0.1) is 23.2 Å². The lowest BCUT2D eigenvalue weighted by Crippen LogP contribution is -2.38. The van der Waals surface area contributed by atoms with Gasteiger partial charge < -0.3 is 10.0 Å². The second-order valence-electron chi connectivity index (χ2n) is 6.73. The maximum absolute atomic E-state index is 12.5. The van der Waals surface area contributed by atoms with Crippen LogP contribution in [-0.4, -0.2) is 34.5 Å². The van der Waals surface area contributed by atoms with Gasteiger partial charge in [-0.2, -0.15) is 0 Å². The van der Waals surface area contributed by atoms with Crippen molar-refractivity contribution in [3.05, 3.63) is 0 Å². The molecule has 2 rings (SSSR count). The lowest BCUT2D eigenvalue weighted by molar-refractivity contribution is -0.142. The second kappa shape index (κ2) is 4.25. The van der Waals surface area contributed by atoms with Gasteiger partial charge in [0.2, 0.25) is 5.91 Å². The molecule has 0 bridgehead atoms. The molecule has 2 saturated carbocycles. The van der Waals surface area contributed by atoms with Gasteiger partial charge in [-0.25, -0.2) is 0 Å². The Hall–Kier alpha value is -1.06. The zero-order chi connectivity index (χ0) is 13.7. The average molecular weight is 253 g/mol. The van der Waals surface area contributed by atoms with Crippen LogP contribution in [0.15, 0.2) is 0 Å². The molecule has 0 aromatic heterocycles. The molecule has 0 radical (unpaired) electrons. The molecule has 1 N–H and O–H groups in total. The van der Waals surface area contributed by atoms with E-state index >= 15 is 0 Å². The molecule has 0 aromatic rings. The standard InChI is InChI=1S/C14H23NO3/c1-8(2)7-15(9-5-6-9)12(16)10-11(13(17)18)14(10,3)4/h8-11H,5-7H2,1-4H3,(H,17,18)/t10-,11+/m1/s1. The summed E-state index contributed by atoms with van der Waals surface area (Å²) in [7, 11) is 0. The summed E-state index contributed by atoms with van der Waals surface area (Å²) in [6.45, 7) is 8.71. The maximum atomic E-state index is 12.5. The minimum absolute atomic E-state index is 0.0589. The van der Waals surface area contributed by atoms with Crippen LogP contribution in [0.4, 0.5) is 0 Å². The predicted molar refractivity (Wildman–Crippen MR) is 68.0 cm³/mol. The maximum Gasteiger partial charge on any atom is 0.307 e. The minimum atomic E-state index is -0.835. The summed E-state index contributed by atoms with van der Waals surface area (Å²) in [4.78, 5) is 25.6. The molecule has 1 amide bonds. The zero-order valence-corrected chi connectivity index (χ0v) is 11.6. The van der Waals surface area contributed by atoms with Crippen molar-refractivity contribution < 1.29 is 14.7 Å². The first-order valence-corrected chi connectivity index (χ1v) is 6.80. The van der Waals surface area contributed by atoms with Crippen molar-refractivity contribution in [3.8, 4) is 0 Å². The fraction of sp³-hybridized carbons (Fsp3) is 0.857. The van der Waals surface area contributed by atoms with Crippen LogP contribution in [-0.2, 0) is 9.59 Å². The fourth-order valence-electron chi connectivity index (χ4n) is 2.94. The van der Waals surface area contributed by atoms with Gasteiger partial charge in [0.1, 0.15) is 0 Å². The molecule has 2 aliphatic rings. The number of rotatable bonds is 5. The van der Waals surface area contributed by atoms with E-state index in [-0.39, 0.29) is 17.2 Å². The van der Waals surface area contributed by atoms with Crippen LogP contribution in [0.25, 0.3) is 0 Å². The average Bonchev–Trinajstić information content (AvgIpc) is 3.08. The normalized spacial score (nSPS) is 29.2. The van der Waals surface area contributed by atoms with Crippen molar-refractivity contribution in [1.29, 1.82) is 0 Å². The van der Waals surface area contributed by atoms with E-state index < -0.39 is 11.9 Å². The van der Waals surface area contributed by atoms with E-state index in [1.165, 1.54) is 0 Å². The predicted octanol–water partition coefficient (Wildman–Crippen LogP) is 1.99. The van der Waals surface area contributed by atoms with Crippen molar-refractivity contribution in [2.75, 3.05) is 6.54 Å². The quantitative estimate of drug-likeness (QED) is 0.815. The Morgan fingerprint density at radius 1 is 1.28 bits per heavy atom. The third-order valence-electron chi connectivity index (χ3n) is 4.19. The molecule has 0 spiro atoms. The number of carboxylic acids is 1. The first kappa shape index (κ1) is 13.4. The first-order chi connectivity index (χ1) is 8.26. The topological polar surface area (TPSA) is 57.6 Å². The Bertz CT molecular complexity index is 371. The highest BCUT2D eigenvalue weighted by atomic mass is 16.4. The number of hydrogen-bond donors (Lipinski definition) is 1. The SMILES string of the molecule is CC(C)CN(C(=O)[C@H]1[C@@H](C(=O)O)C1(C)C)C1CC1. The van der Waals surface area contributed by atoms with E-state index in [2.05, 4.69) is 13.8 Å². The molecule has 2 aliphatic carbocycles. The third-order valence-corrected chi connectivity index (χ3v) is 4.19. The molecule has 4 nitrogen and oxygen atoms in total. The molecular formula is C14H23NO3. The summed E-state index contributed by atoms with van der Waals surface area (Å²) >= 11 is 0. The minimum Gasteiger partial charge on any atom is -0.481 e. The summed E-state index contributed by atoms with van der Waals surface area (Å²) in [5.41, 5.74) is -0.382. The largest absolute Gasteiger partial charge is 0.481 e. The van der Waals surface area contributed by atoms with Gasteiger partial charge in [-0.15, -0.1) is 0 Å². The number of hydrogen-bond acceptors (Lipinski definition) is 2. The van der Waals surface area contributed by atoms with Crippen LogP contribution >= 0.6 is 0 Å². The molecule has 0 aliphatic heterocycles. The molecule has 0 aromatic carbocycles. The van der Waals surface area contributed by atoms with Crippen molar-refractivity contribution in [3.63, 3.8) is 0 Å². The van der Waals surface area contributed by atoms with Crippen LogP contribution < -0.4 is 0 Å². The molecule has 2 fully saturated rings. The second-order valence-corrected chi connectivity index (χ2v) is 6.73. The van der Waals surface area contributed by atoms with Crippen molar-refractivity contribution in [1.82, 2.24) is 4.90 Å². The molecule has 102 valence electrons. The highest BCUT2D eigenvalue weighted by molar-refractivity contribution is 5.92. The number of amides is 1. The van der Waals surface area contributed by atoms with E-state index in [0.29, 0.717) is 12.0 Å². The summed E-state index contributed by atoms with van der Waals surface area (Å²) in [6, 6.07) is 0.366. The molecule has 0 heterocycles. The van der Waals surface area contributed by atoms with E-state index in [1.807, 2.05) is 18.7 Å². The van der Waals surface area contributed by atoms with Gasteiger partial charge >= 0.3 is 5.97 Å².